The maximum atomic E-state index is 13.1. The van der Waals surface area contributed by atoms with Crippen LogP contribution in [0.5, 0.6) is 0 Å². The lowest BCUT2D eigenvalue weighted by molar-refractivity contribution is 0.265. The third-order valence-corrected chi connectivity index (χ3v) is 2.40. The SMILES string of the molecule is CC(C)N(C)Cc1cc(F)cc(C#N)c1. The van der Waals surface area contributed by atoms with Crippen molar-refractivity contribution in [2.24, 2.45) is 0 Å². The van der Waals surface area contributed by atoms with Gasteiger partial charge in [-0.15, -0.1) is 0 Å². The summed E-state index contributed by atoms with van der Waals surface area (Å²) < 4.78 is 13.1. The lowest BCUT2D eigenvalue weighted by Crippen LogP contribution is -2.25. The molecule has 1 aromatic rings. The molecular formula is C12H15FN2. The van der Waals surface area contributed by atoms with Gasteiger partial charge in [0.2, 0.25) is 0 Å². The third kappa shape index (κ3) is 3.34. The molecule has 0 aliphatic heterocycles. The summed E-state index contributed by atoms with van der Waals surface area (Å²) in [5.74, 6) is -0.346. The van der Waals surface area contributed by atoms with E-state index in [1.54, 1.807) is 6.07 Å². The molecule has 3 heteroatoms. The Balaban J connectivity index is 2.87. The number of hydrogen-bond donors (Lipinski definition) is 0. The highest BCUT2D eigenvalue weighted by Gasteiger charge is 2.06. The molecule has 0 unspecified atom stereocenters. The molecule has 0 aliphatic carbocycles. The van der Waals surface area contributed by atoms with Crippen LogP contribution in [0.2, 0.25) is 0 Å². The summed E-state index contributed by atoms with van der Waals surface area (Å²) >= 11 is 0. The van der Waals surface area contributed by atoms with E-state index in [2.05, 4.69) is 18.7 Å². The van der Waals surface area contributed by atoms with Crippen LogP contribution in [0, 0.1) is 17.1 Å². The molecule has 80 valence electrons. The molecule has 0 heterocycles. The second-order valence-electron chi connectivity index (χ2n) is 3.97. The molecule has 0 amide bonds. The van der Waals surface area contributed by atoms with Crippen LogP contribution in [0.1, 0.15) is 25.0 Å². The van der Waals surface area contributed by atoms with Crippen molar-refractivity contribution in [2.75, 3.05) is 7.05 Å². The van der Waals surface area contributed by atoms with Crippen LogP contribution in [0.4, 0.5) is 4.39 Å². The summed E-state index contributed by atoms with van der Waals surface area (Å²) in [4.78, 5) is 2.09. The van der Waals surface area contributed by atoms with E-state index in [0.29, 0.717) is 18.2 Å². The standard InChI is InChI=1S/C12H15FN2/c1-9(2)15(3)8-11-4-10(7-14)5-12(13)6-11/h4-6,9H,8H2,1-3H3. The first-order valence-electron chi connectivity index (χ1n) is 4.92. The van der Waals surface area contributed by atoms with Gasteiger partial charge in [-0.25, -0.2) is 4.39 Å². The van der Waals surface area contributed by atoms with Crippen LogP contribution in [0.25, 0.3) is 0 Å². The number of halogens is 1. The normalized spacial score (nSPS) is 10.7. The Morgan fingerprint density at radius 2 is 2.07 bits per heavy atom. The van der Waals surface area contributed by atoms with Gasteiger partial charge in [-0.3, -0.25) is 4.90 Å². The molecule has 0 bridgehead atoms. The molecule has 15 heavy (non-hydrogen) atoms. The first-order chi connectivity index (χ1) is 7.02. The van der Waals surface area contributed by atoms with Crippen molar-refractivity contribution in [3.63, 3.8) is 0 Å². The summed E-state index contributed by atoms with van der Waals surface area (Å²) in [5, 5.41) is 8.70. The quantitative estimate of drug-likeness (QED) is 0.760. The molecule has 2 nitrogen and oxygen atoms in total. The summed E-state index contributed by atoms with van der Waals surface area (Å²) in [6, 6.07) is 6.80. The minimum atomic E-state index is -0.346. The number of nitrogens with zero attached hydrogens (tertiary/aromatic N) is 2. The molecule has 0 atom stereocenters. The van der Waals surface area contributed by atoms with E-state index in [1.165, 1.54) is 12.1 Å². The predicted octanol–water partition coefficient (Wildman–Crippen LogP) is 2.54. The fourth-order valence-electron chi connectivity index (χ4n) is 1.28. The second-order valence-corrected chi connectivity index (χ2v) is 3.97. The van der Waals surface area contributed by atoms with Crippen LogP contribution in [0.15, 0.2) is 18.2 Å². The molecule has 0 N–H and O–H groups in total. The molecule has 0 radical (unpaired) electrons. The van der Waals surface area contributed by atoms with E-state index in [0.717, 1.165) is 5.56 Å². The Hall–Kier alpha value is -1.40. The molecule has 0 aliphatic rings. The zero-order valence-corrected chi connectivity index (χ0v) is 9.29. The zero-order chi connectivity index (χ0) is 11.4. The molecule has 0 fully saturated rings. The van der Waals surface area contributed by atoms with Gasteiger partial charge >= 0.3 is 0 Å². The van der Waals surface area contributed by atoms with Gasteiger partial charge in [0.1, 0.15) is 5.82 Å². The number of rotatable bonds is 3. The van der Waals surface area contributed by atoms with Gasteiger partial charge in [0.15, 0.2) is 0 Å². The summed E-state index contributed by atoms with van der Waals surface area (Å²) in [7, 11) is 1.97. The Kier molecular flexibility index (Phi) is 3.81. The minimum Gasteiger partial charge on any atom is -0.300 e. The lowest BCUT2D eigenvalue weighted by atomic mass is 10.1. The molecule has 0 saturated carbocycles. The maximum Gasteiger partial charge on any atom is 0.124 e. The summed E-state index contributed by atoms with van der Waals surface area (Å²) in [5.41, 5.74) is 1.21. The largest absolute Gasteiger partial charge is 0.300 e. The van der Waals surface area contributed by atoms with Gasteiger partial charge in [-0.2, -0.15) is 5.26 Å². The van der Waals surface area contributed by atoms with Crippen molar-refractivity contribution in [3.8, 4) is 6.07 Å². The Bertz CT molecular complexity index is 380. The second kappa shape index (κ2) is 4.90. The van der Waals surface area contributed by atoms with Crippen LogP contribution < -0.4 is 0 Å². The van der Waals surface area contributed by atoms with Gasteiger partial charge in [0.25, 0.3) is 0 Å². The minimum absolute atomic E-state index is 0.346. The van der Waals surface area contributed by atoms with E-state index < -0.39 is 0 Å². The smallest absolute Gasteiger partial charge is 0.124 e. The highest BCUT2D eigenvalue weighted by molar-refractivity contribution is 5.33. The van der Waals surface area contributed by atoms with Crippen LogP contribution in [-0.4, -0.2) is 18.0 Å². The van der Waals surface area contributed by atoms with Gasteiger partial charge < -0.3 is 0 Å². The van der Waals surface area contributed by atoms with Crippen molar-refractivity contribution in [3.05, 3.63) is 35.1 Å². The number of hydrogen-bond acceptors (Lipinski definition) is 2. The van der Waals surface area contributed by atoms with Crippen LogP contribution in [0.3, 0.4) is 0 Å². The lowest BCUT2D eigenvalue weighted by Gasteiger charge is -2.20. The summed E-state index contributed by atoms with van der Waals surface area (Å²) in [6.07, 6.45) is 0. The van der Waals surface area contributed by atoms with Crippen LogP contribution >= 0.6 is 0 Å². The zero-order valence-electron chi connectivity index (χ0n) is 9.29. The van der Waals surface area contributed by atoms with Crippen molar-refractivity contribution < 1.29 is 4.39 Å². The maximum absolute atomic E-state index is 13.1. The monoisotopic (exact) mass is 206 g/mol. The fourth-order valence-corrected chi connectivity index (χ4v) is 1.28. The first-order valence-corrected chi connectivity index (χ1v) is 4.92. The van der Waals surface area contributed by atoms with E-state index in [1.807, 2.05) is 13.1 Å². The molecular weight excluding hydrogens is 191 g/mol. The summed E-state index contributed by atoms with van der Waals surface area (Å²) in [6.45, 7) is 4.80. The molecule has 1 aromatic carbocycles. The molecule has 0 spiro atoms. The van der Waals surface area contributed by atoms with Gasteiger partial charge in [0.05, 0.1) is 11.6 Å². The first kappa shape index (κ1) is 11.7. The Labute approximate surface area is 89.9 Å². The van der Waals surface area contributed by atoms with Gasteiger partial charge in [-0.1, -0.05) is 0 Å². The topological polar surface area (TPSA) is 27.0 Å². The van der Waals surface area contributed by atoms with E-state index in [4.69, 9.17) is 5.26 Å². The number of nitriles is 1. The number of benzene rings is 1. The average molecular weight is 206 g/mol. The Morgan fingerprint density at radius 3 is 2.60 bits per heavy atom. The molecule has 1 rings (SSSR count). The van der Waals surface area contributed by atoms with Crippen molar-refractivity contribution in [2.45, 2.75) is 26.4 Å². The Morgan fingerprint density at radius 1 is 1.40 bits per heavy atom. The highest BCUT2D eigenvalue weighted by atomic mass is 19.1. The van der Waals surface area contributed by atoms with Gasteiger partial charge in [0, 0.05) is 12.6 Å². The third-order valence-electron chi connectivity index (χ3n) is 2.40. The van der Waals surface area contributed by atoms with Crippen molar-refractivity contribution in [1.29, 1.82) is 5.26 Å². The van der Waals surface area contributed by atoms with E-state index >= 15 is 0 Å². The highest BCUT2D eigenvalue weighted by Crippen LogP contribution is 2.11. The van der Waals surface area contributed by atoms with Crippen molar-refractivity contribution >= 4 is 0 Å². The van der Waals surface area contributed by atoms with Crippen molar-refractivity contribution in [1.82, 2.24) is 4.90 Å². The van der Waals surface area contributed by atoms with Gasteiger partial charge in [-0.05, 0) is 44.7 Å². The fraction of sp³-hybridized carbons (Fsp3) is 0.417. The predicted molar refractivity (Wildman–Crippen MR) is 57.7 cm³/mol. The average Bonchev–Trinajstić information content (AvgIpc) is 2.16. The van der Waals surface area contributed by atoms with E-state index in [-0.39, 0.29) is 5.82 Å². The van der Waals surface area contributed by atoms with E-state index in [9.17, 15) is 4.39 Å². The van der Waals surface area contributed by atoms with Crippen LogP contribution in [-0.2, 0) is 6.54 Å². The molecule has 0 aromatic heterocycles. The molecule has 0 saturated heterocycles.